The lowest BCUT2D eigenvalue weighted by atomic mass is 10.2. The number of nitrogens with zero attached hydrogens (tertiary/aromatic N) is 4. The van der Waals surface area contributed by atoms with E-state index in [1.54, 1.807) is 18.9 Å². The van der Waals surface area contributed by atoms with Gasteiger partial charge in [-0.05, 0) is 43.3 Å². The minimum atomic E-state index is 0.644. The Bertz CT molecular complexity index is 1070. The molecule has 0 saturated heterocycles. The molecular weight excluding hydrogens is 372 g/mol. The first-order valence-corrected chi connectivity index (χ1v) is 9.82. The number of oxazole rings is 1. The highest BCUT2D eigenvalue weighted by molar-refractivity contribution is 7.98. The Hall–Kier alpha value is -3.06. The fourth-order valence-electron chi connectivity index (χ4n) is 2.83. The highest BCUT2D eigenvalue weighted by atomic mass is 32.2. The molecule has 28 heavy (non-hydrogen) atoms. The first kappa shape index (κ1) is 18.3. The van der Waals surface area contributed by atoms with Gasteiger partial charge in [0.15, 0.2) is 11.0 Å². The van der Waals surface area contributed by atoms with E-state index in [-0.39, 0.29) is 0 Å². The fourth-order valence-corrected chi connectivity index (χ4v) is 3.74. The Morgan fingerprint density at radius 2 is 1.75 bits per heavy atom. The summed E-state index contributed by atoms with van der Waals surface area (Å²) in [5.74, 6) is 3.76. The SMILES string of the molecule is COc1ccc(-c2nnc(SCc3nc(-c4ccccc4)oc3C)n2C)cc1. The predicted molar refractivity (Wildman–Crippen MR) is 109 cm³/mol. The number of hydrogen-bond acceptors (Lipinski definition) is 6. The van der Waals surface area contributed by atoms with E-state index in [0.29, 0.717) is 11.6 Å². The molecule has 0 N–H and O–H groups in total. The lowest BCUT2D eigenvalue weighted by molar-refractivity contribution is 0.415. The highest BCUT2D eigenvalue weighted by Gasteiger charge is 2.15. The molecular formula is C21H20N4O2S. The third kappa shape index (κ3) is 3.66. The van der Waals surface area contributed by atoms with E-state index in [9.17, 15) is 0 Å². The number of aryl methyl sites for hydroxylation is 1. The average Bonchev–Trinajstić information content (AvgIpc) is 3.29. The van der Waals surface area contributed by atoms with Gasteiger partial charge in [-0.2, -0.15) is 0 Å². The van der Waals surface area contributed by atoms with Gasteiger partial charge in [0.05, 0.1) is 12.8 Å². The molecule has 0 spiro atoms. The molecule has 0 aliphatic carbocycles. The van der Waals surface area contributed by atoms with Crippen LogP contribution in [0, 0.1) is 6.92 Å². The molecule has 0 bridgehead atoms. The maximum Gasteiger partial charge on any atom is 0.226 e. The largest absolute Gasteiger partial charge is 0.497 e. The van der Waals surface area contributed by atoms with Gasteiger partial charge < -0.3 is 13.7 Å². The quantitative estimate of drug-likeness (QED) is 0.441. The van der Waals surface area contributed by atoms with Crippen molar-refractivity contribution in [2.75, 3.05) is 7.11 Å². The first-order valence-electron chi connectivity index (χ1n) is 8.84. The van der Waals surface area contributed by atoms with Crippen LogP contribution in [0.25, 0.3) is 22.8 Å². The minimum Gasteiger partial charge on any atom is -0.497 e. The molecule has 7 heteroatoms. The standard InChI is InChI=1S/C21H20N4O2S/c1-14-18(22-20(27-14)16-7-5-4-6-8-16)13-28-21-24-23-19(25(21)2)15-9-11-17(26-3)12-10-15/h4-12H,13H2,1-3H3. The monoisotopic (exact) mass is 392 g/mol. The van der Waals surface area contributed by atoms with Crippen LogP contribution >= 0.6 is 11.8 Å². The van der Waals surface area contributed by atoms with Crippen LogP contribution < -0.4 is 4.74 Å². The molecule has 0 aliphatic rings. The van der Waals surface area contributed by atoms with E-state index in [0.717, 1.165) is 39.3 Å². The van der Waals surface area contributed by atoms with Gasteiger partial charge >= 0.3 is 0 Å². The van der Waals surface area contributed by atoms with Gasteiger partial charge in [0.1, 0.15) is 11.5 Å². The normalized spacial score (nSPS) is 11.0. The third-order valence-electron chi connectivity index (χ3n) is 4.43. The lowest BCUT2D eigenvalue weighted by Gasteiger charge is -2.04. The maximum absolute atomic E-state index is 5.84. The summed E-state index contributed by atoms with van der Waals surface area (Å²) in [5.41, 5.74) is 2.88. The number of benzene rings is 2. The van der Waals surface area contributed by atoms with Gasteiger partial charge in [0, 0.05) is 23.9 Å². The Balaban J connectivity index is 1.50. The topological polar surface area (TPSA) is 66.0 Å². The van der Waals surface area contributed by atoms with Crippen molar-refractivity contribution in [2.45, 2.75) is 17.8 Å². The molecule has 4 rings (SSSR count). The van der Waals surface area contributed by atoms with Gasteiger partial charge in [-0.15, -0.1) is 10.2 Å². The second-order valence-electron chi connectivity index (χ2n) is 6.27. The van der Waals surface area contributed by atoms with E-state index >= 15 is 0 Å². The van der Waals surface area contributed by atoms with Crippen molar-refractivity contribution >= 4 is 11.8 Å². The van der Waals surface area contributed by atoms with E-state index in [4.69, 9.17) is 9.15 Å². The number of hydrogen-bond donors (Lipinski definition) is 0. The van der Waals surface area contributed by atoms with Crippen molar-refractivity contribution in [1.29, 1.82) is 0 Å². The summed E-state index contributed by atoms with van der Waals surface area (Å²) in [6.45, 7) is 1.94. The molecule has 0 aliphatic heterocycles. The summed E-state index contributed by atoms with van der Waals surface area (Å²) in [5, 5.41) is 9.50. The Labute approximate surface area is 167 Å². The molecule has 0 amide bonds. The molecule has 142 valence electrons. The summed E-state index contributed by atoms with van der Waals surface area (Å²) < 4.78 is 13.0. The maximum atomic E-state index is 5.84. The van der Waals surface area contributed by atoms with Crippen molar-refractivity contribution < 1.29 is 9.15 Å². The number of rotatable bonds is 6. The number of thioether (sulfide) groups is 1. The van der Waals surface area contributed by atoms with Crippen molar-refractivity contribution in [3.8, 4) is 28.6 Å². The van der Waals surface area contributed by atoms with Crippen LogP contribution in [0.2, 0.25) is 0 Å². The fraction of sp³-hybridized carbons (Fsp3) is 0.190. The average molecular weight is 392 g/mol. The summed E-state index contributed by atoms with van der Waals surface area (Å²) in [7, 11) is 3.62. The zero-order valence-electron chi connectivity index (χ0n) is 15.9. The lowest BCUT2D eigenvalue weighted by Crippen LogP contribution is -1.95. The molecule has 0 unspecified atom stereocenters. The third-order valence-corrected chi connectivity index (χ3v) is 5.47. The van der Waals surface area contributed by atoms with Crippen LogP contribution in [0.3, 0.4) is 0 Å². The van der Waals surface area contributed by atoms with Gasteiger partial charge in [-0.1, -0.05) is 30.0 Å². The molecule has 2 aromatic carbocycles. The van der Waals surface area contributed by atoms with E-state index in [1.807, 2.05) is 73.1 Å². The van der Waals surface area contributed by atoms with E-state index in [1.165, 1.54) is 0 Å². The zero-order valence-corrected chi connectivity index (χ0v) is 16.7. The minimum absolute atomic E-state index is 0.644. The molecule has 6 nitrogen and oxygen atoms in total. The summed E-state index contributed by atoms with van der Waals surface area (Å²) >= 11 is 1.59. The Kier molecular flexibility index (Phi) is 5.16. The summed E-state index contributed by atoms with van der Waals surface area (Å²) in [6.07, 6.45) is 0. The molecule has 0 radical (unpaired) electrons. The molecule has 4 aromatic rings. The second-order valence-corrected chi connectivity index (χ2v) is 7.21. The Morgan fingerprint density at radius 3 is 2.46 bits per heavy atom. The Morgan fingerprint density at radius 1 is 1.00 bits per heavy atom. The number of aromatic nitrogens is 4. The van der Waals surface area contributed by atoms with Crippen molar-refractivity contribution in [3.05, 3.63) is 66.1 Å². The van der Waals surface area contributed by atoms with Crippen molar-refractivity contribution in [2.24, 2.45) is 7.05 Å². The summed E-state index contributed by atoms with van der Waals surface area (Å²) in [4.78, 5) is 4.65. The predicted octanol–water partition coefficient (Wildman–Crippen LogP) is 4.75. The number of methoxy groups -OCH3 is 1. The van der Waals surface area contributed by atoms with Gasteiger partial charge in [0.25, 0.3) is 0 Å². The van der Waals surface area contributed by atoms with Crippen molar-refractivity contribution in [1.82, 2.24) is 19.7 Å². The van der Waals surface area contributed by atoms with Crippen LogP contribution in [0.4, 0.5) is 0 Å². The number of ether oxygens (including phenoxy) is 1. The summed E-state index contributed by atoms with van der Waals surface area (Å²) in [6, 6.07) is 17.7. The molecule has 0 saturated carbocycles. The van der Waals surface area contributed by atoms with Gasteiger partial charge in [0.2, 0.25) is 5.89 Å². The van der Waals surface area contributed by atoms with Crippen LogP contribution in [0.15, 0.2) is 64.2 Å². The van der Waals surface area contributed by atoms with E-state index < -0.39 is 0 Å². The zero-order chi connectivity index (χ0) is 19.5. The van der Waals surface area contributed by atoms with Crippen molar-refractivity contribution in [3.63, 3.8) is 0 Å². The van der Waals surface area contributed by atoms with E-state index in [2.05, 4.69) is 15.2 Å². The molecule has 2 aromatic heterocycles. The smallest absolute Gasteiger partial charge is 0.226 e. The first-order chi connectivity index (χ1) is 13.7. The van der Waals surface area contributed by atoms with Gasteiger partial charge in [-0.25, -0.2) is 4.98 Å². The molecule has 0 fully saturated rings. The van der Waals surface area contributed by atoms with Gasteiger partial charge in [-0.3, -0.25) is 0 Å². The second kappa shape index (κ2) is 7.90. The van der Waals surface area contributed by atoms with Crippen LogP contribution in [-0.4, -0.2) is 26.9 Å². The van der Waals surface area contributed by atoms with Crippen LogP contribution in [-0.2, 0) is 12.8 Å². The molecule has 2 heterocycles. The van der Waals surface area contributed by atoms with Crippen LogP contribution in [0.1, 0.15) is 11.5 Å². The highest BCUT2D eigenvalue weighted by Crippen LogP contribution is 2.29. The van der Waals surface area contributed by atoms with Crippen LogP contribution in [0.5, 0.6) is 5.75 Å². The molecule has 0 atom stereocenters.